The van der Waals surface area contributed by atoms with Crippen LogP contribution in [-0.2, 0) is 14.3 Å². The molecule has 0 aromatic carbocycles. The van der Waals surface area contributed by atoms with Crippen LogP contribution in [0.4, 0.5) is 0 Å². The van der Waals surface area contributed by atoms with Crippen LogP contribution in [-0.4, -0.2) is 23.1 Å². The number of hydrogen-bond donors (Lipinski definition) is 1. The molecule has 1 atom stereocenters. The predicted molar refractivity (Wildman–Crippen MR) is 47.2 cm³/mol. The van der Waals surface area contributed by atoms with Gasteiger partial charge in [0, 0.05) is 5.57 Å². The Bertz CT molecular complexity index is 220. The van der Waals surface area contributed by atoms with Crippen molar-refractivity contribution in [1.29, 1.82) is 0 Å². The number of carboxylic acid groups (broad SMARTS) is 1. The number of carboxylic acids is 1. The molecule has 0 radical (unpaired) electrons. The zero-order chi connectivity index (χ0) is 10.4. The Balaban J connectivity index is 4.05. The molecule has 0 aromatic rings. The first-order valence-corrected chi connectivity index (χ1v) is 4.05. The van der Waals surface area contributed by atoms with E-state index in [9.17, 15) is 9.59 Å². The van der Waals surface area contributed by atoms with Gasteiger partial charge in [0.2, 0.25) is 0 Å². The van der Waals surface area contributed by atoms with Gasteiger partial charge < -0.3 is 9.84 Å². The van der Waals surface area contributed by atoms with E-state index in [2.05, 4.69) is 6.58 Å². The third-order valence-corrected chi connectivity index (χ3v) is 1.48. The summed E-state index contributed by atoms with van der Waals surface area (Å²) in [4.78, 5) is 21.3. The fraction of sp³-hybridized carbons (Fsp3) is 0.556. The van der Waals surface area contributed by atoms with Crippen LogP contribution in [0.5, 0.6) is 0 Å². The Labute approximate surface area is 77.2 Å². The van der Waals surface area contributed by atoms with E-state index in [1.165, 1.54) is 6.92 Å². The van der Waals surface area contributed by atoms with Crippen molar-refractivity contribution in [2.45, 2.75) is 32.8 Å². The zero-order valence-corrected chi connectivity index (χ0v) is 7.87. The monoisotopic (exact) mass is 186 g/mol. The molecule has 0 rings (SSSR count). The second-order valence-electron chi connectivity index (χ2n) is 2.81. The molecule has 0 aliphatic heterocycles. The van der Waals surface area contributed by atoms with Crippen LogP contribution in [0.3, 0.4) is 0 Å². The largest absolute Gasteiger partial charge is 0.481 e. The standard InChI is InChI=1S/C9H14O4/c1-4-7(5-8(10)11)13-9(12)6(2)3/h7H,2,4-5H2,1,3H3,(H,10,11). The van der Waals surface area contributed by atoms with Crippen molar-refractivity contribution < 1.29 is 19.4 Å². The summed E-state index contributed by atoms with van der Waals surface area (Å²) in [6.45, 7) is 6.69. The minimum atomic E-state index is -0.971. The number of ether oxygens (including phenoxy) is 1. The molecule has 0 fully saturated rings. The molecule has 0 saturated heterocycles. The van der Waals surface area contributed by atoms with Crippen LogP contribution in [0.25, 0.3) is 0 Å². The zero-order valence-electron chi connectivity index (χ0n) is 7.87. The van der Waals surface area contributed by atoms with Crippen molar-refractivity contribution in [2.75, 3.05) is 0 Å². The predicted octanol–water partition coefficient (Wildman–Crippen LogP) is 1.36. The molecule has 0 bridgehead atoms. The van der Waals surface area contributed by atoms with Crippen molar-refractivity contribution in [3.05, 3.63) is 12.2 Å². The second-order valence-corrected chi connectivity index (χ2v) is 2.81. The highest BCUT2D eigenvalue weighted by molar-refractivity contribution is 5.87. The minimum Gasteiger partial charge on any atom is -0.481 e. The maximum absolute atomic E-state index is 11.0. The van der Waals surface area contributed by atoms with Gasteiger partial charge in [-0.2, -0.15) is 0 Å². The van der Waals surface area contributed by atoms with Crippen molar-refractivity contribution >= 4 is 11.9 Å². The molecular formula is C9H14O4. The summed E-state index contributed by atoms with van der Waals surface area (Å²) in [6.07, 6.45) is -0.220. The molecule has 1 N–H and O–H groups in total. The number of hydrogen-bond acceptors (Lipinski definition) is 3. The average molecular weight is 186 g/mol. The maximum Gasteiger partial charge on any atom is 0.333 e. The highest BCUT2D eigenvalue weighted by atomic mass is 16.5. The lowest BCUT2D eigenvalue weighted by Gasteiger charge is -2.13. The van der Waals surface area contributed by atoms with E-state index < -0.39 is 18.0 Å². The first-order valence-electron chi connectivity index (χ1n) is 4.05. The highest BCUT2D eigenvalue weighted by Gasteiger charge is 2.15. The average Bonchev–Trinajstić information content (AvgIpc) is 2.02. The van der Waals surface area contributed by atoms with Crippen LogP contribution in [0.1, 0.15) is 26.7 Å². The lowest BCUT2D eigenvalue weighted by molar-refractivity contribution is -0.149. The summed E-state index contributed by atoms with van der Waals surface area (Å²) < 4.78 is 4.85. The normalized spacial score (nSPS) is 11.8. The van der Waals surface area contributed by atoms with E-state index in [0.717, 1.165) is 0 Å². The van der Waals surface area contributed by atoms with E-state index in [0.29, 0.717) is 6.42 Å². The van der Waals surface area contributed by atoms with Gasteiger partial charge in [0.1, 0.15) is 6.10 Å². The van der Waals surface area contributed by atoms with Crippen LogP contribution < -0.4 is 0 Å². The van der Waals surface area contributed by atoms with E-state index >= 15 is 0 Å². The molecule has 4 nitrogen and oxygen atoms in total. The molecule has 0 aliphatic rings. The summed E-state index contributed by atoms with van der Waals surface area (Å²) in [5, 5.41) is 8.45. The molecule has 74 valence electrons. The van der Waals surface area contributed by atoms with Crippen LogP contribution in [0, 0.1) is 0 Å². The van der Waals surface area contributed by atoms with Crippen molar-refractivity contribution in [3.63, 3.8) is 0 Å². The molecule has 0 aromatic heterocycles. The van der Waals surface area contributed by atoms with Crippen molar-refractivity contribution in [2.24, 2.45) is 0 Å². The Morgan fingerprint density at radius 1 is 1.54 bits per heavy atom. The third-order valence-electron chi connectivity index (χ3n) is 1.48. The molecule has 0 amide bonds. The fourth-order valence-electron chi connectivity index (χ4n) is 0.716. The minimum absolute atomic E-state index is 0.157. The van der Waals surface area contributed by atoms with Crippen LogP contribution in [0.2, 0.25) is 0 Å². The Morgan fingerprint density at radius 3 is 2.38 bits per heavy atom. The third kappa shape index (κ3) is 5.00. The summed E-state index contributed by atoms with van der Waals surface area (Å²) in [5.74, 6) is -1.51. The van der Waals surface area contributed by atoms with Gasteiger partial charge in [0.15, 0.2) is 0 Å². The number of rotatable bonds is 5. The van der Waals surface area contributed by atoms with Crippen molar-refractivity contribution in [3.8, 4) is 0 Å². The SMILES string of the molecule is C=C(C)C(=O)OC(CC)CC(=O)O. The lowest BCUT2D eigenvalue weighted by atomic mass is 10.2. The van der Waals surface area contributed by atoms with Gasteiger partial charge in [-0.3, -0.25) is 4.79 Å². The summed E-state index contributed by atoms with van der Waals surface area (Å²) in [5.41, 5.74) is 0.281. The van der Waals surface area contributed by atoms with Gasteiger partial charge in [-0.15, -0.1) is 0 Å². The lowest BCUT2D eigenvalue weighted by Crippen LogP contribution is -2.21. The molecule has 0 heterocycles. The second kappa shape index (κ2) is 5.35. The molecule has 1 unspecified atom stereocenters. The Hall–Kier alpha value is -1.32. The number of carbonyl (C=O) groups is 2. The number of carbonyl (C=O) groups excluding carboxylic acids is 1. The summed E-state index contributed by atoms with van der Waals surface area (Å²) >= 11 is 0. The van der Waals surface area contributed by atoms with E-state index in [4.69, 9.17) is 9.84 Å². The molecule has 0 aliphatic carbocycles. The Kier molecular flexibility index (Phi) is 4.80. The maximum atomic E-state index is 11.0. The summed E-state index contributed by atoms with van der Waals surface area (Å²) in [7, 11) is 0. The number of aliphatic carboxylic acids is 1. The first-order chi connectivity index (χ1) is 5.97. The Morgan fingerprint density at radius 2 is 2.08 bits per heavy atom. The molecule has 13 heavy (non-hydrogen) atoms. The van der Waals surface area contributed by atoms with Crippen LogP contribution in [0.15, 0.2) is 12.2 Å². The number of esters is 1. The van der Waals surface area contributed by atoms with Gasteiger partial charge in [-0.25, -0.2) is 4.79 Å². The van der Waals surface area contributed by atoms with Gasteiger partial charge in [-0.1, -0.05) is 13.5 Å². The van der Waals surface area contributed by atoms with Gasteiger partial charge in [0.25, 0.3) is 0 Å². The van der Waals surface area contributed by atoms with Gasteiger partial charge in [0.05, 0.1) is 6.42 Å². The molecule has 0 spiro atoms. The highest BCUT2D eigenvalue weighted by Crippen LogP contribution is 2.06. The van der Waals surface area contributed by atoms with E-state index in [1.54, 1.807) is 6.92 Å². The fourth-order valence-corrected chi connectivity index (χ4v) is 0.716. The topological polar surface area (TPSA) is 63.6 Å². The first kappa shape index (κ1) is 11.7. The smallest absolute Gasteiger partial charge is 0.333 e. The summed E-state index contributed by atoms with van der Waals surface area (Å²) in [6, 6.07) is 0. The van der Waals surface area contributed by atoms with Crippen LogP contribution >= 0.6 is 0 Å². The molecular weight excluding hydrogens is 172 g/mol. The molecule has 0 saturated carbocycles. The van der Waals surface area contributed by atoms with Gasteiger partial charge >= 0.3 is 11.9 Å². The van der Waals surface area contributed by atoms with E-state index in [-0.39, 0.29) is 12.0 Å². The van der Waals surface area contributed by atoms with Crippen molar-refractivity contribution in [1.82, 2.24) is 0 Å². The van der Waals surface area contributed by atoms with Gasteiger partial charge in [-0.05, 0) is 13.3 Å². The van der Waals surface area contributed by atoms with E-state index in [1.807, 2.05) is 0 Å². The molecule has 4 heteroatoms. The quantitative estimate of drug-likeness (QED) is 0.520.